The van der Waals surface area contributed by atoms with E-state index in [1.807, 2.05) is 50.5 Å². The Morgan fingerprint density at radius 1 is 1.29 bits per heavy atom. The second kappa shape index (κ2) is 6.69. The van der Waals surface area contributed by atoms with Crippen molar-refractivity contribution >= 4 is 5.91 Å². The van der Waals surface area contributed by atoms with E-state index in [0.717, 1.165) is 17.7 Å². The molecule has 2 heterocycles. The average Bonchev–Trinajstić information content (AvgIpc) is 2.99. The number of β-amino-alcohol motifs (C(OH)–C–C–N with tert-alkyl or cyclic N) is 1. The summed E-state index contributed by atoms with van der Waals surface area (Å²) in [6.45, 7) is 3.12. The van der Waals surface area contributed by atoms with Crippen LogP contribution in [0.5, 0.6) is 5.75 Å². The monoisotopic (exact) mass is 328 g/mol. The molecule has 1 aromatic heterocycles. The van der Waals surface area contributed by atoms with Crippen LogP contribution in [0, 0.1) is 6.92 Å². The summed E-state index contributed by atoms with van der Waals surface area (Å²) < 4.78 is 7.63. The van der Waals surface area contributed by atoms with Crippen LogP contribution in [0.1, 0.15) is 28.9 Å². The van der Waals surface area contributed by atoms with Gasteiger partial charge in [0.2, 0.25) is 0 Å². The number of aliphatic hydroxyl groups is 1. The number of para-hydroxylation sites is 1. The molecule has 3 rings (SSSR count). The molecule has 24 heavy (non-hydrogen) atoms. The number of carbonyl (C=O) groups excluding carboxylic acids is 1. The van der Waals surface area contributed by atoms with E-state index in [9.17, 15) is 9.90 Å². The van der Waals surface area contributed by atoms with Crippen LogP contribution >= 0.6 is 0 Å². The molecule has 128 valence electrons. The molecule has 1 fully saturated rings. The normalized spacial score (nSPS) is 20.9. The number of aromatic nitrogens is 1. The summed E-state index contributed by atoms with van der Waals surface area (Å²) in [6.07, 6.45) is 3.25. The molecule has 1 atom stereocenters. The number of piperidine rings is 1. The molecule has 1 aliphatic heterocycles. The molecule has 1 amide bonds. The van der Waals surface area contributed by atoms with Gasteiger partial charge in [0, 0.05) is 19.8 Å². The number of benzene rings is 1. The highest BCUT2D eigenvalue weighted by atomic mass is 16.5. The maximum atomic E-state index is 12.7. The topological polar surface area (TPSA) is 54.7 Å². The minimum absolute atomic E-state index is 0.0449. The van der Waals surface area contributed by atoms with Crippen molar-refractivity contribution in [3.8, 4) is 5.75 Å². The summed E-state index contributed by atoms with van der Waals surface area (Å²) in [7, 11) is 1.85. The van der Waals surface area contributed by atoms with Crippen LogP contribution in [-0.2, 0) is 7.05 Å². The van der Waals surface area contributed by atoms with Crippen LogP contribution in [0.25, 0.3) is 0 Å². The van der Waals surface area contributed by atoms with Crippen molar-refractivity contribution in [3.05, 3.63) is 53.9 Å². The number of aryl methyl sites for hydroxylation is 2. The van der Waals surface area contributed by atoms with E-state index < -0.39 is 5.60 Å². The summed E-state index contributed by atoms with van der Waals surface area (Å²) in [5, 5.41) is 10.9. The standard InChI is InChI=1S/C19H24N2O3/c1-15-7-3-4-9-17(15)24-14-19(23)10-6-12-21(13-19)18(22)16-8-5-11-20(16)2/h3-5,7-9,11,23H,6,10,12-14H2,1-2H3/t19-/m0/s1. The number of carbonyl (C=O) groups is 1. The molecule has 0 radical (unpaired) electrons. The summed E-state index contributed by atoms with van der Waals surface area (Å²) >= 11 is 0. The molecule has 5 nitrogen and oxygen atoms in total. The van der Waals surface area contributed by atoms with Gasteiger partial charge >= 0.3 is 0 Å². The Morgan fingerprint density at radius 3 is 2.79 bits per heavy atom. The van der Waals surface area contributed by atoms with Gasteiger partial charge in [0.15, 0.2) is 0 Å². The van der Waals surface area contributed by atoms with Crippen molar-refractivity contribution < 1.29 is 14.6 Å². The second-order valence-corrected chi connectivity index (χ2v) is 6.61. The highest BCUT2D eigenvalue weighted by molar-refractivity contribution is 5.92. The first kappa shape index (κ1) is 16.6. The molecule has 0 bridgehead atoms. The van der Waals surface area contributed by atoms with Gasteiger partial charge in [0.05, 0.1) is 6.54 Å². The first-order valence-electron chi connectivity index (χ1n) is 8.30. The van der Waals surface area contributed by atoms with Crippen LogP contribution in [-0.4, -0.2) is 45.8 Å². The lowest BCUT2D eigenvalue weighted by Gasteiger charge is -2.39. The van der Waals surface area contributed by atoms with Gasteiger partial charge in [-0.3, -0.25) is 4.79 Å². The van der Waals surface area contributed by atoms with Crippen molar-refractivity contribution in [3.63, 3.8) is 0 Å². The second-order valence-electron chi connectivity index (χ2n) is 6.61. The number of likely N-dealkylation sites (tertiary alicyclic amines) is 1. The molecule has 0 spiro atoms. The number of amides is 1. The maximum Gasteiger partial charge on any atom is 0.270 e. The molecule has 5 heteroatoms. The summed E-state index contributed by atoms with van der Waals surface area (Å²) in [6, 6.07) is 11.4. The third kappa shape index (κ3) is 3.46. The van der Waals surface area contributed by atoms with Gasteiger partial charge in [0.1, 0.15) is 23.7 Å². The Morgan fingerprint density at radius 2 is 2.08 bits per heavy atom. The molecular formula is C19H24N2O3. The molecule has 1 saturated heterocycles. The lowest BCUT2D eigenvalue weighted by molar-refractivity contribution is -0.0534. The van der Waals surface area contributed by atoms with E-state index in [2.05, 4.69) is 0 Å². The SMILES string of the molecule is Cc1ccccc1OC[C@]1(O)CCCN(C(=O)c2cccn2C)C1. The van der Waals surface area contributed by atoms with E-state index in [4.69, 9.17) is 4.74 Å². The van der Waals surface area contributed by atoms with Crippen molar-refractivity contribution in [2.24, 2.45) is 7.05 Å². The first-order chi connectivity index (χ1) is 11.5. The Balaban J connectivity index is 1.67. The van der Waals surface area contributed by atoms with Crippen molar-refractivity contribution in [2.45, 2.75) is 25.4 Å². The van der Waals surface area contributed by atoms with Gasteiger partial charge in [-0.2, -0.15) is 0 Å². The Labute approximate surface area is 142 Å². The van der Waals surface area contributed by atoms with Gasteiger partial charge in [-0.1, -0.05) is 18.2 Å². The van der Waals surface area contributed by atoms with Crippen molar-refractivity contribution in [2.75, 3.05) is 19.7 Å². The summed E-state index contributed by atoms with van der Waals surface area (Å²) in [4.78, 5) is 14.4. The van der Waals surface area contributed by atoms with Crippen LogP contribution in [0.15, 0.2) is 42.6 Å². The van der Waals surface area contributed by atoms with Crippen LogP contribution in [0.3, 0.4) is 0 Å². The zero-order valence-electron chi connectivity index (χ0n) is 14.2. The van der Waals surface area contributed by atoms with Gasteiger partial charge in [0.25, 0.3) is 5.91 Å². The fraction of sp³-hybridized carbons (Fsp3) is 0.421. The van der Waals surface area contributed by atoms with Crippen LogP contribution < -0.4 is 4.74 Å². The lowest BCUT2D eigenvalue weighted by atomic mass is 9.93. The summed E-state index contributed by atoms with van der Waals surface area (Å²) in [5.41, 5.74) is 0.661. The molecule has 0 saturated carbocycles. The number of nitrogens with zero attached hydrogens (tertiary/aromatic N) is 2. The highest BCUT2D eigenvalue weighted by Crippen LogP contribution is 2.25. The zero-order valence-corrected chi connectivity index (χ0v) is 14.2. The fourth-order valence-electron chi connectivity index (χ4n) is 3.18. The Kier molecular flexibility index (Phi) is 4.62. The fourth-order valence-corrected chi connectivity index (χ4v) is 3.18. The van der Waals surface area contributed by atoms with Crippen LogP contribution in [0.2, 0.25) is 0 Å². The third-order valence-electron chi connectivity index (χ3n) is 4.60. The van der Waals surface area contributed by atoms with E-state index >= 15 is 0 Å². The molecular weight excluding hydrogens is 304 g/mol. The van der Waals surface area contributed by atoms with Crippen molar-refractivity contribution in [1.82, 2.24) is 9.47 Å². The van der Waals surface area contributed by atoms with Crippen molar-refractivity contribution in [1.29, 1.82) is 0 Å². The Bertz CT molecular complexity index is 725. The van der Waals surface area contributed by atoms with E-state index in [-0.39, 0.29) is 12.5 Å². The zero-order chi connectivity index (χ0) is 17.2. The van der Waals surface area contributed by atoms with E-state index in [0.29, 0.717) is 25.2 Å². The molecule has 1 aromatic carbocycles. The summed E-state index contributed by atoms with van der Waals surface area (Å²) in [5.74, 6) is 0.730. The van der Waals surface area contributed by atoms with E-state index in [1.54, 1.807) is 15.5 Å². The van der Waals surface area contributed by atoms with E-state index in [1.165, 1.54) is 0 Å². The first-order valence-corrected chi connectivity index (χ1v) is 8.30. The predicted molar refractivity (Wildman–Crippen MR) is 92.2 cm³/mol. The van der Waals surface area contributed by atoms with Crippen LogP contribution in [0.4, 0.5) is 0 Å². The highest BCUT2D eigenvalue weighted by Gasteiger charge is 2.36. The molecule has 1 aliphatic rings. The number of rotatable bonds is 4. The largest absolute Gasteiger partial charge is 0.490 e. The number of hydrogen-bond acceptors (Lipinski definition) is 3. The predicted octanol–water partition coefficient (Wildman–Crippen LogP) is 2.38. The average molecular weight is 328 g/mol. The van der Waals surface area contributed by atoms with Gasteiger partial charge in [-0.05, 0) is 43.5 Å². The number of ether oxygens (including phenoxy) is 1. The maximum absolute atomic E-state index is 12.7. The lowest BCUT2D eigenvalue weighted by Crippen LogP contribution is -2.53. The minimum atomic E-state index is -1.01. The smallest absolute Gasteiger partial charge is 0.270 e. The Hall–Kier alpha value is -2.27. The van der Waals surface area contributed by atoms with Gasteiger partial charge in [-0.25, -0.2) is 0 Å². The molecule has 0 aliphatic carbocycles. The van der Waals surface area contributed by atoms with Gasteiger partial charge < -0.3 is 19.3 Å². The van der Waals surface area contributed by atoms with Gasteiger partial charge in [-0.15, -0.1) is 0 Å². The molecule has 2 aromatic rings. The molecule has 1 N–H and O–H groups in total. The number of hydrogen-bond donors (Lipinski definition) is 1. The minimum Gasteiger partial charge on any atom is -0.490 e. The quantitative estimate of drug-likeness (QED) is 0.937. The third-order valence-corrected chi connectivity index (χ3v) is 4.60. The molecule has 0 unspecified atom stereocenters.